The van der Waals surface area contributed by atoms with Crippen LogP contribution in [-0.4, -0.2) is 33.2 Å². The minimum Gasteiger partial charge on any atom is -0.339 e. The van der Waals surface area contributed by atoms with Crippen molar-refractivity contribution in [1.29, 1.82) is 0 Å². The van der Waals surface area contributed by atoms with Crippen LogP contribution in [-0.2, 0) is 0 Å². The molecule has 106 valence electrons. The van der Waals surface area contributed by atoms with E-state index in [1.54, 1.807) is 12.4 Å². The van der Waals surface area contributed by atoms with Gasteiger partial charge in [-0.25, -0.2) is 0 Å². The zero-order valence-corrected chi connectivity index (χ0v) is 11.5. The summed E-state index contributed by atoms with van der Waals surface area (Å²) in [5.41, 5.74) is 2.60. The van der Waals surface area contributed by atoms with E-state index in [1.165, 1.54) is 0 Å². The Labute approximate surface area is 121 Å². The standard InChI is InChI=1S/C15H15N5O/c1-2-11(9-16-5-1)15-19-14(20-21-15)10-3-4-12-13(8-10)18-7-6-17-12/h3-4,6-8,11,16H,1-2,5,9H2. The normalized spacial score (nSPS) is 19.0. The molecule has 0 bridgehead atoms. The van der Waals surface area contributed by atoms with Crippen molar-refractivity contribution in [3.8, 4) is 11.4 Å². The molecule has 4 rings (SSSR count). The second kappa shape index (κ2) is 5.21. The molecular weight excluding hydrogens is 266 g/mol. The largest absolute Gasteiger partial charge is 0.339 e. The van der Waals surface area contributed by atoms with Crippen molar-refractivity contribution in [3.05, 3.63) is 36.5 Å². The fourth-order valence-electron chi connectivity index (χ4n) is 2.68. The fraction of sp³-hybridized carbons (Fsp3) is 0.333. The number of fused-ring (bicyclic) bond motifs is 1. The molecule has 0 aliphatic carbocycles. The summed E-state index contributed by atoms with van der Waals surface area (Å²) >= 11 is 0. The third-order valence-electron chi connectivity index (χ3n) is 3.82. The van der Waals surface area contributed by atoms with Gasteiger partial charge in [0.1, 0.15) is 0 Å². The maximum absolute atomic E-state index is 5.43. The Kier molecular flexibility index (Phi) is 3.08. The highest BCUT2D eigenvalue weighted by Gasteiger charge is 2.21. The number of hydrogen-bond donors (Lipinski definition) is 1. The van der Waals surface area contributed by atoms with E-state index in [0.29, 0.717) is 11.7 Å². The Bertz CT molecular complexity index is 763. The van der Waals surface area contributed by atoms with E-state index in [1.807, 2.05) is 18.2 Å². The summed E-state index contributed by atoms with van der Waals surface area (Å²) in [6.07, 6.45) is 5.61. The summed E-state index contributed by atoms with van der Waals surface area (Å²) in [5.74, 6) is 1.65. The van der Waals surface area contributed by atoms with E-state index in [2.05, 4.69) is 25.4 Å². The van der Waals surface area contributed by atoms with Gasteiger partial charge in [-0.15, -0.1) is 0 Å². The maximum Gasteiger partial charge on any atom is 0.231 e. The SMILES string of the molecule is c1cnc2cc(-c3noc(C4CCCNC4)n3)ccc2n1. The summed E-state index contributed by atoms with van der Waals surface area (Å²) in [5, 5.41) is 7.47. The van der Waals surface area contributed by atoms with Crippen LogP contribution < -0.4 is 5.32 Å². The topological polar surface area (TPSA) is 76.7 Å². The van der Waals surface area contributed by atoms with Gasteiger partial charge < -0.3 is 9.84 Å². The van der Waals surface area contributed by atoms with E-state index in [9.17, 15) is 0 Å². The molecular formula is C15H15N5O. The second-order valence-corrected chi connectivity index (χ2v) is 5.26. The van der Waals surface area contributed by atoms with E-state index in [-0.39, 0.29) is 0 Å². The summed E-state index contributed by atoms with van der Waals surface area (Å²) in [7, 11) is 0. The highest BCUT2D eigenvalue weighted by atomic mass is 16.5. The highest BCUT2D eigenvalue weighted by Crippen LogP contribution is 2.25. The molecule has 1 aliphatic rings. The lowest BCUT2D eigenvalue weighted by Gasteiger charge is -2.18. The zero-order chi connectivity index (χ0) is 14.1. The number of nitrogens with one attached hydrogen (secondary N) is 1. The van der Waals surface area contributed by atoms with Gasteiger partial charge in [0.25, 0.3) is 0 Å². The second-order valence-electron chi connectivity index (χ2n) is 5.26. The Balaban J connectivity index is 1.67. The molecule has 3 heterocycles. The molecule has 1 aromatic carbocycles. The first-order valence-electron chi connectivity index (χ1n) is 7.15. The highest BCUT2D eigenvalue weighted by molar-refractivity contribution is 5.79. The fourth-order valence-corrected chi connectivity index (χ4v) is 2.68. The first-order valence-corrected chi connectivity index (χ1v) is 7.15. The van der Waals surface area contributed by atoms with Crippen molar-refractivity contribution in [2.45, 2.75) is 18.8 Å². The lowest BCUT2D eigenvalue weighted by molar-refractivity contribution is 0.322. The number of benzene rings is 1. The summed E-state index contributed by atoms with van der Waals surface area (Å²) in [6.45, 7) is 1.98. The van der Waals surface area contributed by atoms with Crippen LogP contribution in [0.5, 0.6) is 0 Å². The van der Waals surface area contributed by atoms with Crippen LogP contribution in [0.1, 0.15) is 24.7 Å². The molecule has 6 heteroatoms. The van der Waals surface area contributed by atoms with Crippen LogP contribution in [0.2, 0.25) is 0 Å². The molecule has 0 spiro atoms. The Morgan fingerprint density at radius 3 is 2.90 bits per heavy atom. The molecule has 2 aromatic heterocycles. The molecule has 1 fully saturated rings. The number of hydrogen-bond acceptors (Lipinski definition) is 6. The van der Waals surface area contributed by atoms with Gasteiger partial charge in [-0.05, 0) is 37.6 Å². The molecule has 3 aromatic rings. The van der Waals surface area contributed by atoms with E-state index < -0.39 is 0 Å². The molecule has 1 unspecified atom stereocenters. The van der Waals surface area contributed by atoms with Crippen LogP contribution in [0.3, 0.4) is 0 Å². The van der Waals surface area contributed by atoms with E-state index in [4.69, 9.17) is 4.52 Å². The molecule has 1 N–H and O–H groups in total. The van der Waals surface area contributed by atoms with Gasteiger partial charge in [0.05, 0.1) is 17.0 Å². The van der Waals surface area contributed by atoms with Gasteiger partial charge in [0.15, 0.2) is 0 Å². The molecule has 1 atom stereocenters. The minimum absolute atomic E-state index is 0.320. The average Bonchev–Trinajstić information content (AvgIpc) is 3.05. The smallest absolute Gasteiger partial charge is 0.231 e. The number of rotatable bonds is 2. The van der Waals surface area contributed by atoms with E-state index in [0.717, 1.165) is 48.4 Å². The number of nitrogens with zero attached hydrogens (tertiary/aromatic N) is 4. The van der Waals surface area contributed by atoms with Crippen molar-refractivity contribution < 1.29 is 4.52 Å². The van der Waals surface area contributed by atoms with Gasteiger partial charge in [0.2, 0.25) is 11.7 Å². The van der Waals surface area contributed by atoms with Crippen LogP contribution >= 0.6 is 0 Å². The van der Waals surface area contributed by atoms with Crippen molar-refractivity contribution in [3.63, 3.8) is 0 Å². The van der Waals surface area contributed by atoms with Gasteiger partial charge >= 0.3 is 0 Å². The predicted molar refractivity (Wildman–Crippen MR) is 77.7 cm³/mol. The van der Waals surface area contributed by atoms with Gasteiger partial charge in [0, 0.05) is 24.5 Å². The molecule has 0 amide bonds. The first kappa shape index (κ1) is 12.4. The Morgan fingerprint density at radius 1 is 1.14 bits per heavy atom. The monoisotopic (exact) mass is 281 g/mol. The minimum atomic E-state index is 0.320. The quantitative estimate of drug-likeness (QED) is 0.775. The summed E-state index contributed by atoms with van der Waals surface area (Å²) in [4.78, 5) is 13.1. The van der Waals surface area contributed by atoms with Gasteiger partial charge in [-0.1, -0.05) is 5.16 Å². The lowest BCUT2D eigenvalue weighted by Crippen LogP contribution is -2.28. The van der Waals surface area contributed by atoms with Crippen LogP contribution in [0.15, 0.2) is 35.1 Å². The molecule has 0 radical (unpaired) electrons. The Morgan fingerprint density at radius 2 is 2.05 bits per heavy atom. The molecule has 21 heavy (non-hydrogen) atoms. The molecule has 1 aliphatic heterocycles. The Hall–Kier alpha value is -2.34. The molecule has 1 saturated heterocycles. The number of aromatic nitrogens is 4. The third-order valence-corrected chi connectivity index (χ3v) is 3.82. The lowest BCUT2D eigenvalue weighted by atomic mass is 10.00. The van der Waals surface area contributed by atoms with Gasteiger partial charge in [-0.2, -0.15) is 4.98 Å². The summed E-state index contributed by atoms with van der Waals surface area (Å²) in [6, 6.07) is 5.82. The van der Waals surface area contributed by atoms with Crippen molar-refractivity contribution in [1.82, 2.24) is 25.4 Å². The van der Waals surface area contributed by atoms with Crippen molar-refractivity contribution >= 4 is 11.0 Å². The third kappa shape index (κ3) is 2.38. The van der Waals surface area contributed by atoms with Crippen LogP contribution in [0, 0.1) is 0 Å². The molecule has 6 nitrogen and oxygen atoms in total. The molecule has 0 saturated carbocycles. The maximum atomic E-state index is 5.43. The predicted octanol–water partition coefficient (Wildman–Crippen LogP) is 2.15. The zero-order valence-electron chi connectivity index (χ0n) is 11.5. The van der Waals surface area contributed by atoms with E-state index >= 15 is 0 Å². The van der Waals surface area contributed by atoms with Gasteiger partial charge in [-0.3, -0.25) is 9.97 Å². The number of piperidine rings is 1. The van der Waals surface area contributed by atoms with Crippen molar-refractivity contribution in [2.24, 2.45) is 0 Å². The average molecular weight is 281 g/mol. The van der Waals surface area contributed by atoms with Crippen molar-refractivity contribution in [2.75, 3.05) is 13.1 Å². The summed E-state index contributed by atoms with van der Waals surface area (Å²) < 4.78 is 5.43. The van der Waals surface area contributed by atoms with Crippen LogP contribution in [0.4, 0.5) is 0 Å². The first-order chi connectivity index (χ1) is 10.4. The van der Waals surface area contributed by atoms with Crippen LogP contribution in [0.25, 0.3) is 22.4 Å².